The Labute approximate surface area is 116 Å². The largest absolute Gasteiger partial charge is 0.476 e. The van der Waals surface area contributed by atoms with Crippen LogP contribution < -0.4 is 0 Å². The molecule has 0 saturated carbocycles. The highest BCUT2D eigenvalue weighted by atomic mass is 16.5. The van der Waals surface area contributed by atoms with Crippen LogP contribution in [0.25, 0.3) is 5.52 Å². The molecule has 2 aromatic rings. The number of hydrogen-bond donors (Lipinski definition) is 1. The van der Waals surface area contributed by atoms with Crippen LogP contribution in [0.1, 0.15) is 21.9 Å². The predicted octanol–water partition coefficient (Wildman–Crippen LogP) is 1.17. The molecule has 106 valence electrons. The summed E-state index contributed by atoms with van der Waals surface area (Å²) in [4.78, 5) is 17.8. The molecule has 1 aliphatic rings. The maximum atomic E-state index is 11.3. The highest BCUT2D eigenvalue weighted by Crippen LogP contribution is 2.16. The van der Waals surface area contributed by atoms with Gasteiger partial charge in [-0.25, -0.2) is 9.78 Å². The summed E-state index contributed by atoms with van der Waals surface area (Å²) in [5.74, 6) is -0.220. The van der Waals surface area contributed by atoms with Crippen molar-refractivity contribution in [2.75, 3.05) is 26.3 Å². The molecule has 2 aromatic heterocycles. The van der Waals surface area contributed by atoms with E-state index in [0.29, 0.717) is 25.3 Å². The van der Waals surface area contributed by atoms with E-state index >= 15 is 0 Å². The number of aromatic nitrogens is 2. The molecule has 1 aliphatic heterocycles. The zero-order valence-electron chi connectivity index (χ0n) is 11.4. The second-order valence-corrected chi connectivity index (χ2v) is 5.03. The lowest BCUT2D eigenvalue weighted by Crippen LogP contribution is -2.36. The third-order valence-electron chi connectivity index (χ3n) is 3.53. The maximum absolute atomic E-state index is 11.3. The predicted molar refractivity (Wildman–Crippen MR) is 73.0 cm³/mol. The smallest absolute Gasteiger partial charge is 0.356 e. The molecule has 3 rings (SSSR count). The minimum absolute atomic E-state index is 0.119. The highest BCUT2D eigenvalue weighted by molar-refractivity contribution is 5.93. The van der Waals surface area contributed by atoms with Crippen LogP contribution in [0.3, 0.4) is 0 Å². The number of pyridine rings is 1. The fraction of sp³-hybridized carbons (Fsp3) is 0.429. The maximum Gasteiger partial charge on any atom is 0.356 e. The molecule has 1 N–H and O–H groups in total. The average molecular weight is 275 g/mol. The molecule has 0 aromatic carbocycles. The van der Waals surface area contributed by atoms with Gasteiger partial charge in [-0.2, -0.15) is 0 Å². The Hall–Kier alpha value is -1.92. The van der Waals surface area contributed by atoms with E-state index in [9.17, 15) is 9.90 Å². The minimum atomic E-state index is -0.986. The van der Waals surface area contributed by atoms with Crippen LogP contribution >= 0.6 is 0 Å². The normalized spacial score (nSPS) is 16.6. The molecule has 0 spiro atoms. The van der Waals surface area contributed by atoms with Crippen molar-refractivity contribution in [3.63, 3.8) is 0 Å². The number of carbonyl (C=O) groups is 1. The van der Waals surface area contributed by atoms with Gasteiger partial charge in [-0.15, -0.1) is 0 Å². The first-order valence-corrected chi connectivity index (χ1v) is 6.66. The number of aryl methyl sites for hydroxylation is 1. The van der Waals surface area contributed by atoms with Gasteiger partial charge in [-0.05, 0) is 18.6 Å². The topological polar surface area (TPSA) is 67.1 Å². The first-order chi connectivity index (χ1) is 9.65. The van der Waals surface area contributed by atoms with E-state index in [1.807, 2.05) is 29.7 Å². The number of imidazole rings is 1. The van der Waals surface area contributed by atoms with Gasteiger partial charge in [0.05, 0.1) is 25.3 Å². The Kier molecular flexibility index (Phi) is 3.42. The number of morpholine rings is 1. The van der Waals surface area contributed by atoms with Gasteiger partial charge >= 0.3 is 5.97 Å². The summed E-state index contributed by atoms with van der Waals surface area (Å²) in [5, 5.41) is 9.26. The van der Waals surface area contributed by atoms with Crippen LogP contribution in [-0.2, 0) is 11.3 Å². The van der Waals surface area contributed by atoms with Gasteiger partial charge in [-0.1, -0.05) is 6.07 Å². The Balaban J connectivity index is 2.00. The summed E-state index contributed by atoms with van der Waals surface area (Å²) < 4.78 is 7.21. The van der Waals surface area contributed by atoms with Crippen molar-refractivity contribution in [3.05, 3.63) is 35.4 Å². The van der Waals surface area contributed by atoms with Crippen LogP contribution in [-0.4, -0.2) is 51.7 Å². The molecule has 6 nitrogen and oxygen atoms in total. The Morgan fingerprint density at radius 1 is 1.40 bits per heavy atom. The SMILES string of the molecule is Cc1ccc2c(C(=O)O)nc(CN3CCOCC3)n2c1. The molecular formula is C14H17N3O3. The van der Waals surface area contributed by atoms with Crippen molar-refractivity contribution in [1.29, 1.82) is 0 Å². The number of nitrogens with zero attached hydrogens (tertiary/aromatic N) is 3. The van der Waals surface area contributed by atoms with Gasteiger partial charge in [0.1, 0.15) is 5.82 Å². The summed E-state index contributed by atoms with van der Waals surface area (Å²) in [6.07, 6.45) is 1.94. The first kappa shape index (κ1) is 13.1. The van der Waals surface area contributed by atoms with Crippen molar-refractivity contribution < 1.29 is 14.6 Å². The molecule has 0 aliphatic carbocycles. The van der Waals surface area contributed by atoms with E-state index in [4.69, 9.17) is 4.74 Å². The van der Waals surface area contributed by atoms with E-state index in [0.717, 1.165) is 24.5 Å². The van der Waals surface area contributed by atoms with Gasteiger partial charge in [-0.3, -0.25) is 4.90 Å². The van der Waals surface area contributed by atoms with Gasteiger partial charge in [0.15, 0.2) is 5.69 Å². The fourth-order valence-electron chi connectivity index (χ4n) is 2.48. The fourth-order valence-corrected chi connectivity index (χ4v) is 2.48. The lowest BCUT2D eigenvalue weighted by Gasteiger charge is -2.25. The van der Waals surface area contributed by atoms with Crippen LogP contribution in [0.4, 0.5) is 0 Å². The average Bonchev–Trinajstić information content (AvgIpc) is 2.78. The zero-order chi connectivity index (χ0) is 14.1. The zero-order valence-corrected chi connectivity index (χ0v) is 11.4. The second kappa shape index (κ2) is 5.22. The molecule has 0 bridgehead atoms. The molecule has 0 atom stereocenters. The summed E-state index contributed by atoms with van der Waals surface area (Å²) >= 11 is 0. The number of carboxylic acid groups (broad SMARTS) is 1. The van der Waals surface area contributed by atoms with Crippen molar-refractivity contribution in [2.45, 2.75) is 13.5 Å². The monoisotopic (exact) mass is 275 g/mol. The van der Waals surface area contributed by atoms with Crippen molar-refractivity contribution >= 4 is 11.5 Å². The number of fused-ring (bicyclic) bond motifs is 1. The minimum Gasteiger partial charge on any atom is -0.476 e. The first-order valence-electron chi connectivity index (χ1n) is 6.66. The Morgan fingerprint density at radius 3 is 2.85 bits per heavy atom. The number of aromatic carboxylic acids is 1. The van der Waals surface area contributed by atoms with Crippen LogP contribution in [0.15, 0.2) is 18.3 Å². The molecule has 0 amide bonds. The summed E-state index contributed by atoms with van der Waals surface area (Å²) in [7, 11) is 0. The van der Waals surface area contributed by atoms with Crippen molar-refractivity contribution in [2.24, 2.45) is 0 Å². The van der Waals surface area contributed by atoms with Gasteiger partial charge in [0.2, 0.25) is 0 Å². The standard InChI is InChI=1S/C14H17N3O3/c1-10-2-3-11-13(14(18)19)15-12(17(11)8-10)9-16-4-6-20-7-5-16/h2-3,8H,4-7,9H2,1H3,(H,18,19). The van der Waals surface area contributed by atoms with Crippen LogP contribution in [0, 0.1) is 6.92 Å². The highest BCUT2D eigenvalue weighted by Gasteiger charge is 2.19. The summed E-state index contributed by atoms with van der Waals surface area (Å²) in [6.45, 7) is 5.76. The molecule has 1 fully saturated rings. The van der Waals surface area contributed by atoms with E-state index in [1.54, 1.807) is 0 Å². The summed E-state index contributed by atoms with van der Waals surface area (Å²) in [5.41, 5.74) is 1.84. The van der Waals surface area contributed by atoms with Crippen LogP contribution in [0.5, 0.6) is 0 Å². The molecule has 0 radical (unpaired) electrons. The van der Waals surface area contributed by atoms with Gasteiger partial charge in [0.25, 0.3) is 0 Å². The van der Waals surface area contributed by atoms with Crippen molar-refractivity contribution in [3.8, 4) is 0 Å². The third kappa shape index (κ3) is 2.39. The second-order valence-electron chi connectivity index (χ2n) is 5.03. The quantitative estimate of drug-likeness (QED) is 0.911. The van der Waals surface area contributed by atoms with E-state index in [-0.39, 0.29) is 5.69 Å². The number of hydrogen-bond acceptors (Lipinski definition) is 4. The molecule has 6 heteroatoms. The van der Waals surface area contributed by atoms with Gasteiger partial charge < -0.3 is 14.2 Å². The van der Waals surface area contributed by atoms with Crippen LogP contribution in [0.2, 0.25) is 0 Å². The number of carboxylic acids is 1. The molecule has 20 heavy (non-hydrogen) atoms. The number of rotatable bonds is 3. The van der Waals surface area contributed by atoms with Crippen molar-refractivity contribution in [1.82, 2.24) is 14.3 Å². The third-order valence-corrected chi connectivity index (χ3v) is 3.53. The Morgan fingerprint density at radius 2 is 2.15 bits per heavy atom. The van der Waals surface area contributed by atoms with E-state index < -0.39 is 5.97 Å². The molecule has 0 unspecified atom stereocenters. The summed E-state index contributed by atoms with van der Waals surface area (Å²) in [6, 6.07) is 3.72. The molecular weight excluding hydrogens is 258 g/mol. The number of ether oxygens (including phenoxy) is 1. The van der Waals surface area contributed by atoms with E-state index in [2.05, 4.69) is 9.88 Å². The molecule has 1 saturated heterocycles. The van der Waals surface area contributed by atoms with Gasteiger partial charge in [0, 0.05) is 19.3 Å². The van der Waals surface area contributed by atoms with E-state index in [1.165, 1.54) is 0 Å². The molecule has 3 heterocycles. The Bertz CT molecular complexity index is 644. The lowest BCUT2D eigenvalue weighted by atomic mass is 10.2. The lowest BCUT2D eigenvalue weighted by molar-refractivity contribution is 0.0329.